The zero-order chi connectivity index (χ0) is 16.3. The number of rotatable bonds is 5. The summed E-state index contributed by atoms with van der Waals surface area (Å²) in [6.07, 6.45) is 0. The first kappa shape index (κ1) is 19.5. The largest absolute Gasteiger partial charge is 1.00 e. The fourth-order valence-electron chi connectivity index (χ4n) is 1.94. The molecule has 0 aliphatic heterocycles. The number of phenolic OH excluding ortho intramolecular Hbond substituents is 2. The van der Waals surface area contributed by atoms with Gasteiger partial charge in [-0.15, -0.1) is 0 Å². The van der Waals surface area contributed by atoms with Gasteiger partial charge in [0, 0.05) is 31.1 Å². The summed E-state index contributed by atoms with van der Waals surface area (Å²) >= 11 is 3.68. The van der Waals surface area contributed by atoms with Gasteiger partial charge in [0.1, 0.15) is 17.2 Å². The molecule has 0 saturated heterocycles. The fourth-order valence-corrected chi connectivity index (χ4v) is 2.08. The number of hydrogen-bond acceptors (Lipinski definition) is 7. The van der Waals surface area contributed by atoms with Gasteiger partial charge in [0.2, 0.25) is 5.78 Å². The van der Waals surface area contributed by atoms with Crippen LogP contribution in [0.4, 0.5) is 0 Å². The van der Waals surface area contributed by atoms with Crippen molar-refractivity contribution < 1.29 is 59.6 Å². The van der Waals surface area contributed by atoms with E-state index in [9.17, 15) is 15.0 Å². The molecule has 118 valence electrons. The molecule has 0 fully saturated rings. The second kappa shape index (κ2) is 8.35. The standard InChI is InChI=1S/C15H14O6S.Na.H/c1-19-8-3-4-9(11(16)5-8)15(18)10-6-14(21-22)13(20-2)7-12(10)17;;/h3-7,16-17,22H,1-2H3;;/q;+1;-1. The Hall–Kier alpha value is -1.54. The number of methoxy groups -OCH3 is 2. The summed E-state index contributed by atoms with van der Waals surface area (Å²) in [5.41, 5.74) is -0.0308. The fraction of sp³-hybridized carbons (Fsp3) is 0.133. The van der Waals surface area contributed by atoms with E-state index in [-0.39, 0.29) is 65.1 Å². The summed E-state index contributed by atoms with van der Waals surface area (Å²) in [6.45, 7) is 0. The van der Waals surface area contributed by atoms with Crippen LogP contribution in [0, 0.1) is 0 Å². The van der Waals surface area contributed by atoms with E-state index >= 15 is 0 Å². The molecule has 23 heavy (non-hydrogen) atoms. The number of carbonyl (C=O) groups is 1. The van der Waals surface area contributed by atoms with E-state index in [0.29, 0.717) is 5.75 Å². The number of aromatic hydroxyl groups is 2. The Morgan fingerprint density at radius 2 is 1.65 bits per heavy atom. The molecule has 0 aliphatic carbocycles. The van der Waals surface area contributed by atoms with Crippen molar-refractivity contribution in [3.05, 3.63) is 41.5 Å². The summed E-state index contributed by atoms with van der Waals surface area (Å²) in [5.74, 6) is -0.332. The molecule has 0 aromatic heterocycles. The minimum atomic E-state index is -0.577. The molecule has 0 unspecified atom stereocenters. The molecule has 0 spiro atoms. The van der Waals surface area contributed by atoms with Gasteiger partial charge in [-0.1, -0.05) is 0 Å². The van der Waals surface area contributed by atoms with Gasteiger partial charge in [0.25, 0.3) is 0 Å². The number of benzene rings is 2. The molecule has 8 heteroatoms. The number of phenols is 2. The molecule has 2 rings (SSSR count). The molecule has 0 amide bonds. The zero-order valence-electron chi connectivity index (χ0n) is 13.9. The van der Waals surface area contributed by atoms with E-state index in [2.05, 4.69) is 12.9 Å². The predicted octanol–water partition coefficient (Wildman–Crippen LogP) is -0.314. The van der Waals surface area contributed by atoms with Crippen molar-refractivity contribution in [2.75, 3.05) is 14.2 Å². The van der Waals surface area contributed by atoms with Crippen molar-refractivity contribution in [2.24, 2.45) is 0 Å². The molecule has 2 aromatic rings. The second-order valence-electron chi connectivity index (χ2n) is 4.32. The average Bonchev–Trinajstić information content (AvgIpc) is 2.53. The van der Waals surface area contributed by atoms with Gasteiger partial charge in [-0.05, 0) is 12.1 Å². The Morgan fingerprint density at radius 3 is 2.17 bits per heavy atom. The van der Waals surface area contributed by atoms with Crippen molar-refractivity contribution >= 4 is 18.7 Å². The van der Waals surface area contributed by atoms with Gasteiger partial charge >= 0.3 is 29.6 Å². The first-order chi connectivity index (χ1) is 10.5. The van der Waals surface area contributed by atoms with Gasteiger partial charge in [0.05, 0.1) is 25.3 Å². The Bertz CT molecular complexity index is 725. The summed E-state index contributed by atoms with van der Waals surface area (Å²) in [7, 11) is 2.84. The Labute approximate surface area is 162 Å². The number of carbonyl (C=O) groups excluding carboxylic acids is 1. The quantitative estimate of drug-likeness (QED) is 0.298. The van der Waals surface area contributed by atoms with Crippen LogP contribution in [0.2, 0.25) is 0 Å². The van der Waals surface area contributed by atoms with Crippen LogP contribution in [-0.2, 0) is 0 Å². The number of ketones is 1. The van der Waals surface area contributed by atoms with Gasteiger partial charge in [0.15, 0.2) is 11.5 Å². The zero-order valence-corrected chi connectivity index (χ0v) is 15.8. The summed E-state index contributed by atoms with van der Waals surface area (Å²) in [4.78, 5) is 12.5. The maximum Gasteiger partial charge on any atom is 1.00 e. The first-order valence-electron chi connectivity index (χ1n) is 6.16. The SMILES string of the molecule is COc1ccc(C(=O)c2cc(OS)c(OC)cc2O)c(O)c1.[H-].[Na+]. The minimum Gasteiger partial charge on any atom is -1.00 e. The smallest absolute Gasteiger partial charge is 1.00 e. The van der Waals surface area contributed by atoms with Gasteiger partial charge in [-0.2, -0.15) is 0 Å². The molecule has 0 aliphatic rings. The van der Waals surface area contributed by atoms with Gasteiger partial charge in [-0.3, -0.25) is 4.79 Å². The van der Waals surface area contributed by atoms with Crippen molar-refractivity contribution in [3.63, 3.8) is 0 Å². The molecule has 0 atom stereocenters. The van der Waals surface area contributed by atoms with Gasteiger partial charge < -0.3 is 25.3 Å². The van der Waals surface area contributed by atoms with Crippen molar-refractivity contribution in [2.45, 2.75) is 0 Å². The van der Waals surface area contributed by atoms with E-state index in [0.717, 1.165) is 0 Å². The molecule has 0 heterocycles. The third-order valence-electron chi connectivity index (χ3n) is 3.07. The molecular weight excluding hydrogens is 331 g/mol. The molecule has 0 bridgehead atoms. The van der Waals surface area contributed by atoms with Crippen molar-refractivity contribution in [1.29, 1.82) is 0 Å². The van der Waals surface area contributed by atoms with E-state index in [4.69, 9.17) is 13.7 Å². The Kier molecular flexibility index (Phi) is 7.08. The average molecular weight is 346 g/mol. The van der Waals surface area contributed by atoms with Crippen molar-refractivity contribution in [3.8, 4) is 28.7 Å². The van der Waals surface area contributed by atoms with E-state index in [1.807, 2.05) is 0 Å². The van der Waals surface area contributed by atoms with E-state index < -0.39 is 5.78 Å². The van der Waals surface area contributed by atoms with Crippen LogP contribution < -0.4 is 43.2 Å². The monoisotopic (exact) mass is 346 g/mol. The summed E-state index contributed by atoms with van der Waals surface area (Å²) in [6, 6.07) is 6.77. The number of thiol groups is 1. The van der Waals surface area contributed by atoms with Crippen LogP contribution in [-0.4, -0.2) is 30.2 Å². The maximum atomic E-state index is 12.5. The first-order valence-corrected chi connectivity index (χ1v) is 6.52. The maximum absolute atomic E-state index is 12.5. The molecule has 2 N–H and O–H groups in total. The summed E-state index contributed by atoms with van der Waals surface area (Å²) in [5, 5.41) is 19.9. The topological polar surface area (TPSA) is 85.2 Å². The number of hydrogen-bond donors (Lipinski definition) is 3. The molecule has 0 saturated carbocycles. The van der Waals surface area contributed by atoms with Crippen molar-refractivity contribution in [1.82, 2.24) is 0 Å². The molecule has 6 nitrogen and oxygen atoms in total. The number of ether oxygens (including phenoxy) is 2. The Balaban J connectivity index is 0.00000264. The molecule has 2 aromatic carbocycles. The van der Waals surface area contributed by atoms with Crippen LogP contribution >= 0.6 is 12.9 Å². The Morgan fingerprint density at radius 1 is 1.00 bits per heavy atom. The van der Waals surface area contributed by atoms with E-state index in [1.54, 1.807) is 0 Å². The van der Waals surface area contributed by atoms with Gasteiger partial charge in [-0.25, -0.2) is 0 Å². The predicted molar refractivity (Wildman–Crippen MR) is 83.5 cm³/mol. The summed E-state index contributed by atoms with van der Waals surface area (Å²) < 4.78 is 14.8. The molecular formula is C15H15NaO6S. The minimum absolute atomic E-state index is 0. The second-order valence-corrected chi connectivity index (χ2v) is 4.51. The third-order valence-corrected chi connectivity index (χ3v) is 3.27. The van der Waals surface area contributed by atoms with Crippen LogP contribution in [0.5, 0.6) is 28.7 Å². The molecule has 0 radical (unpaired) electrons. The van der Waals surface area contributed by atoms with Crippen LogP contribution in [0.3, 0.4) is 0 Å². The third kappa shape index (κ3) is 4.06. The van der Waals surface area contributed by atoms with E-state index in [1.165, 1.54) is 44.6 Å². The van der Waals surface area contributed by atoms with Crippen LogP contribution in [0.25, 0.3) is 0 Å². The van der Waals surface area contributed by atoms with Crippen LogP contribution in [0.1, 0.15) is 17.3 Å². The van der Waals surface area contributed by atoms with Crippen LogP contribution in [0.15, 0.2) is 30.3 Å². The normalized spacial score (nSPS) is 9.70.